The van der Waals surface area contributed by atoms with Gasteiger partial charge in [-0.05, 0) is 54.1 Å². The maximum Gasteiger partial charge on any atom is 0.336 e. The van der Waals surface area contributed by atoms with Crippen LogP contribution in [0.3, 0.4) is 0 Å². The standard InChI is InChI=1S/C30H18Br2N4O5/c31-22-11-9-20(10-12-22)29-34-26-7-2-1-6-25(26)30(38)35(29)33-18-21-17-23(32)13-14-27(21)41-28(37)15-8-19-4-3-5-24(16-19)36(39)40/h1-18H/b15-8+,33-18?. The van der Waals surface area contributed by atoms with Crippen LogP contribution in [0, 0.1) is 10.1 Å². The van der Waals surface area contributed by atoms with Gasteiger partial charge in [-0.1, -0.05) is 68.3 Å². The molecule has 5 aromatic rings. The number of rotatable bonds is 7. The van der Waals surface area contributed by atoms with E-state index in [1.165, 1.54) is 41.2 Å². The van der Waals surface area contributed by atoms with Gasteiger partial charge in [-0.25, -0.2) is 9.78 Å². The van der Waals surface area contributed by atoms with Crippen molar-refractivity contribution in [1.82, 2.24) is 9.66 Å². The van der Waals surface area contributed by atoms with E-state index >= 15 is 0 Å². The number of carbonyl (C=O) groups excluding carboxylic acids is 1. The third-order valence-electron chi connectivity index (χ3n) is 5.84. The van der Waals surface area contributed by atoms with Gasteiger partial charge >= 0.3 is 5.97 Å². The van der Waals surface area contributed by atoms with Crippen molar-refractivity contribution in [3.8, 4) is 17.1 Å². The number of nitrogens with zero attached hydrogens (tertiary/aromatic N) is 4. The number of fused-ring (bicyclic) bond motifs is 1. The highest BCUT2D eigenvalue weighted by Gasteiger charge is 2.13. The number of nitro groups is 1. The summed E-state index contributed by atoms with van der Waals surface area (Å²) >= 11 is 6.84. The maximum absolute atomic E-state index is 13.5. The van der Waals surface area contributed by atoms with Crippen LogP contribution in [0.4, 0.5) is 5.69 Å². The third-order valence-corrected chi connectivity index (χ3v) is 6.87. The van der Waals surface area contributed by atoms with E-state index < -0.39 is 10.9 Å². The molecule has 0 aliphatic rings. The van der Waals surface area contributed by atoms with Crippen LogP contribution in [0.1, 0.15) is 11.1 Å². The Balaban J connectivity index is 1.49. The van der Waals surface area contributed by atoms with Crippen molar-refractivity contribution in [3.63, 3.8) is 0 Å². The molecule has 9 nitrogen and oxygen atoms in total. The molecule has 0 amide bonds. The molecule has 0 aliphatic heterocycles. The maximum atomic E-state index is 13.5. The summed E-state index contributed by atoms with van der Waals surface area (Å²) in [6.07, 6.45) is 4.01. The number of non-ortho nitro benzene ring substituents is 1. The van der Waals surface area contributed by atoms with Crippen LogP contribution in [-0.4, -0.2) is 26.8 Å². The fourth-order valence-electron chi connectivity index (χ4n) is 3.90. The molecule has 0 N–H and O–H groups in total. The third kappa shape index (κ3) is 6.53. The van der Waals surface area contributed by atoms with Crippen LogP contribution in [0.15, 0.2) is 116 Å². The summed E-state index contributed by atoms with van der Waals surface area (Å²) in [4.78, 5) is 41.3. The van der Waals surface area contributed by atoms with Crippen LogP contribution in [0.25, 0.3) is 28.4 Å². The average Bonchev–Trinajstić information content (AvgIpc) is 2.97. The van der Waals surface area contributed by atoms with Gasteiger partial charge in [0.15, 0.2) is 5.82 Å². The number of para-hydroxylation sites is 1. The largest absolute Gasteiger partial charge is 0.423 e. The Labute approximate surface area is 249 Å². The summed E-state index contributed by atoms with van der Waals surface area (Å²) in [6, 6.07) is 25.2. The molecule has 202 valence electrons. The zero-order valence-corrected chi connectivity index (χ0v) is 24.2. The minimum atomic E-state index is -0.700. The molecule has 4 aromatic carbocycles. The lowest BCUT2D eigenvalue weighted by molar-refractivity contribution is -0.384. The van der Waals surface area contributed by atoms with E-state index in [-0.39, 0.29) is 17.0 Å². The smallest absolute Gasteiger partial charge is 0.336 e. The van der Waals surface area contributed by atoms with E-state index in [9.17, 15) is 19.7 Å². The first-order valence-corrected chi connectivity index (χ1v) is 13.6. The van der Waals surface area contributed by atoms with Crippen molar-refractivity contribution in [2.45, 2.75) is 0 Å². The molecule has 0 radical (unpaired) electrons. The van der Waals surface area contributed by atoms with Gasteiger partial charge in [0, 0.05) is 38.3 Å². The topological polar surface area (TPSA) is 117 Å². The average molecular weight is 674 g/mol. The molecule has 0 atom stereocenters. The van der Waals surface area contributed by atoms with Crippen LogP contribution < -0.4 is 10.3 Å². The minimum absolute atomic E-state index is 0.0899. The molecule has 0 unspecified atom stereocenters. The molecule has 1 heterocycles. The summed E-state index contributed by atoms with van der Waals surface area (Å²) in [6.45, 7) is 0. The van der Waals surface area contributed by atoms with Crippen molar-refractivity contribution in [2.75, 3.05) is 0 Å². The number of carbonyl (C=O) groups is 1. The minimum Gasteiger partial charge on any atom is -0.423 e. The zero-order chi connectivity index (χ0) is 28.9. The van der Waals surface area contributed by atoms with Gasteiger partial charge in [0.1, 0.15) is 5.75 Å². The monoisotopic (exact) mass is 672 g/mol. The first-order chi connectivity index (χ1) is 19.8. The molecule has 0 saturated carbocycles. The summed E-state index contributed by atoms with van der Waals surface area (Å²) in [5.41, 5.74) is 1.65. The van der Waals surface area contributed by atoms with Crippen molar-refractivity contribution in [1.29, 1.82) is 0 Å². The van der Waals surface area contributed by atoms with E-state index in [1.54, 1.807) is 42.5 Å². The predicted molar refractivity (Wildman–Crippen MR) is 164 cm³/mol. The van der Waals surface area contributed by atoms with Crippen LogP contribution in [-0.2, 0) is 4.79 Å². The Hall–Kier alpha value is -4.74. The van der Waals surface area contributed by atoms with Gasteiger partial charge in [-0.2, -0.15) is 9.78 Å². The quantitative estimate of drug-likeness (QED) is 0.0459. The normalized spacial score (nSPS) is 11.4. The molecule has 5 rings (SSSR count). The lowest BCUT2D eigenvalue weighted by Gasteiger charge is -2.10. The highest BCUT2D eigenvalue weighted by atomic mass is 79.9. The lowest BCUT2D eigenvalue weighted by atomic mass is 10.2. The van der Waals surface area contributed by atoms with Crippen molar-refractivity contribution >= 4 is 66.7 Å². The highest BCUT2D eigenvalue weighted by Crippen LogP contribution is 2.24. The van der Waals surface area contributed by atoms with E-state index in [1.807, 2.05) is 30.3 Å². The fourth-order valence-corrected chi connectivity index (χ4v) is 4.54. The summed E-state index contributed by atoms with van der Waals surface area (Å²) in [7, 11) is 0. The first-order valence-electron chi connectivity index (χ1n) is 12.0. The molecular formula is C30H18Br2N4O5. The molecule has 1 aromatic heterocycles. The van der Waals surface area contributed by atoms with Crippen LogP contribution in [0.5, 0.6) is 5.75 Å². The van der Waals surface area contributed by atoms with Gasteiger partial charge in [0.2, 0.25) is 0 Å². The van der Waals surface area contributed by atoms with Crippen molar-refractivity contribution in [2.24, 2.45) is 5.10 Å². The van der Waals surface area contributed by atoms with Gasteiger partial charge in [-0.3, -0.25) is 14.9 Å². The molecular weight excluding hydrogens is 656 g/mol. The Morgan fingerprint density at radius 1 is 0.951 bits per heavy atom. The molecule has 0 spiro atoms. The number of esters is 1. The van der Waals surface area contributed by atoms with Gasteiger partial charge < -0.3 is 4.74 Å². The Kier molecular flexibility index (Phi) is 8.27. The molecule has 0 saturated heterocycles. The number of hydrogen-bond donors (Lipinski definition) is 0. The first kappa shape index (κ1) is 27.8. The summed E-state index contributed by atoms with van der Waals surface area (Å²) in [5, 5.41) is 15.9. The van der Waals surface area contributed by atoms with Crippen LogP contribution in [0.2, 0.25) is 0 Å². The second kappa shape index (κ2) is 12.2. The van der Waals surface area contributed by atoms with Gasteiger partial charge in [0.25, 0.3) is 11.2 Å². The Morgan fingerprint density at radius 2 is 1.71 bits per heavy atom. The number of benzene rings is 4. The Bertz CT molecular complexity index is 1920. The second-order valence-corrected chi connectivity index (χ2v) is 10.4. The fraction of sp³-hybridized carbons (Fsp3) is 0. The number of halogens is 2. The molecule has 0 fully saturated rings. The zero-order valence-electron chi connectivity index (χ0n) is 21.0. The Morgan fingerprint density at radius 3 is 2.49 bits per heavy atom. The van der Waals surface area contributed by atoms with E-state index in [0.29, 0.717) is 37.9 Å². The van der Waals surface area contributed by atoms with Gasteiger partial charge in [0.05, 0.1) is 22.0 Å². The number of ether oxygens (including phenoxy) is 1. The second-order valence-electron chi connectivity index (χ2n) is 8.61. The molecule has 0 bridgehead atoms. The molecule has 0 aliphatic carbocycles. The lowest BCUT2D eigenvalue weighted by Crippen LogP contribution is -2.20. The van der Waals surface area contributed by atoms with E-state index in [2.05, 4.69) is 37.0 Å². The SMILES string of the molecule is O=C(/C=C/c1cccc([N+](=O)[O-])c1)Oc1ccc(Br)cc1C=Nn1c(-c2ccc(Br)cc2)nc2ccccc2c1=O. The van der Waals surface area contributed by atoms with E-state index in [0.717, 1.165) is 4.47 Å². The molecule has 41 heavy (non-hydrogen) atoms. The van der Waals surface area contributed by atoms with Crippen molar-refractivity contribution in [3.05, 3.63) is 138 Å². The van der Waals surface area contributed by atoms with Crippen LogP contribution >= 0.6 is 31.9 Å². The van der Waals surface area contributed by atoms with E-state index in [4.69, 9.17) is 9.72 Å². The van der Waals surface area contributed by atoms with Crippen molar-refractivity contribution < 1.29 is 14.5 Å². The summed E-state index contributed by atoms with van der Waals surface area (Å²) in [5.74, 6) is -0.169. The van der Waals surface area contributed by atoms with Gasteiger partial charge in [-0.15, -0.1) is 0 Å². The predicted octanol–water partition coefficient (Wildman–Crippen LogP) is 7.00. The highest BCUT2D eigenvalue weighted by molar-refractivity contribution is 9.10. The summed E-state index contributed by atoms with van der Waals surface area (Å²) < 4.78 is 8.32. The number of nitro benzene ring substituents is 1. The number of aromatic nitrogens is 2. The molecule has 11 heteroatoms. The number of hydrogen-bond acceptors (Lipinski definition) is 7.